The van der Waals surface area contributed by atoms with Gasteiger partial charge in [-0.15, -0.1) is 13.2 Å². The van der Waals surface area contributed by atoms with E-state index < -0.39 is 39.8 Å². The smallest absolute Gasteiger partial charge is 0.465 e. The molecule has 0 aliphatic carbocycles. The SMILES string of the molecule is O=C(O)N(Cc1ccccc1)C(CCCO)CS(=O)(=O)c1ccc(Oc2ccc(OC(F)(F)F)cc2)cc1. The number of carbonyl (C=O) groups is 1. The summed E-state index contributed by atoms with van der Waals surface area (Å²) in [6.07, 6.45) is -5.73. The summed E-state index contributed by atoms with van der Waals surface area (Å²) >= 11 is 0. The summed E-state index contributed by atoms with van der Waals surface area (Å²) in [5, 5.41) is 19.1. The van der Waals surface area contributed by atoms with Gasteiger partial charge in [-0.3, -0.25) is 0 Å². The molecule has 3 aromatic rings. The van der Waals surface area contributed by atoms with Crippen LogP contribution >= 0.6 is 0 Å². The van der Waals surface area contributed by atoms with Crippen LogP contribution < -0.4 is 9.47 Å². The van der Waals surface area contributed by atoms with E-state index in [1.54, 1.807) is 30.3 Å². The number of sulfone groups is 1. The number of nitrogens with zero attached hydrogens (tertiary/aromatic N) is 1. The van der Waals surface area contributed by atoms with Crippen molar-refractivity contribution in [2.45, 2.75) is 36.7 Å². The zero-order valence-electron chi connectivity index (χ0n) is 20.0. The molecule has 12 heteroatoms. The molecule has 0 saturated carbocycles. The van der Waals surface area contributed by atoms with Crippen LogP contribution in [0.15, 0.2) is 83.8 Å². The number of aliphatic hydroxyl groups is 1. The molecule has 204 valence electrons. The number of hydrogen-bond acceptors (Lipinski definition) is 6. The van der Waals surface area contributed by atoms with E-state index in [4.69, 9.17) is 4.74 Å². The zero-order chi connectivity index (χ0) is 27.8. The molecule has 0 aromatic heterocycles. The summed E-state index contributed by atoms with van der Waals surface area (Å²) in [7, 11) is -3.94. The number of aliphatic hydroxyl groups excluding tert-OH is 1. The van der Waals surface area contributed by atoms with Crippen LogP contribution in [0, 0.1) is 0 Å². The second-order valence-corrected chi connectivity index (χ2v) is 10.3. The standard InChI is InChI=1S/C26H26F3NO7S/c27-26(28,29)37-23-10-8-21(9-11-23)36-22-12-14-24(15-13-22)38(34,35)18-20(7-4-16-31)30(25(32)33)17-19-5-2-1-3-6-19/h1-3,5-6,8-15,20,31H,4,7,16-18H2,(H,32,33). The number of ether oxygens (including phenoxy) is 2. The number of halogens is 3. The molecular formula is C26H26F3NO7S. The van der Waals surface area contributed by atoms with Gasteiger partial charge in [-0.2, -0.15) is 0 Å². The summed E-state index contributed by atoms with van der Waals surface area (Å²) in [5.74, 6) is -0.462. The van der Waals surface area contributed by atoms with Crippen LogP contribution in [0.3, 0.4) is 0 Å². The highest BCUT2D eigenvalue weighted by Gasteiger charge is 2.31. The van der Waals surface area contributed by atoms with E-state index in [9.17, 15) is 36.6 Å². The fraction of sp³-hybridized carbons (Fsp3) is 0.269. The van der Waals surface area contributed by atoms with Gasteiger partial charge in [0, 0.05) is 19.2 Å². The Morgan fingerprint density at radius 3 is 1.97 bits per heavy atom. The lowest BCUT2D eigenvalue weighted by Gasteiger charge is -2.29. The topological polar surface area (TPSA) is 113 Å². The van der Waals surface area contributed by atoms with Crippen LogP contribution in [0.5, 0.6) is 17.2 Å². The van der Waals surface area contributed by atoms with Gasteiger partial charge in [-0.25, -0.2) is 13.2 Å². The molecule has 0 saturated heterocycles. The molecular weight excluding hydrogens is 527 g/mol. The van der Waals surface area contributed by atoms with Crippen molar-refractivity contribution in [3.05, 3.63) is 84.4 Å². The minimum Gasteiger partial charge on any atom is -0.465 e. The Labute approximate surface area is 217 Å². The molecule has 2 N–H and O–H groups in total. The van der Waals surface area contributed by atoms with Crippen molar-refractivity contribution in [3.8, 4) is 17.2 Å². The van der Waals surface area contributed by atoms with Crippen molar-refractivity contribution in [2.75, 3.05) is 12.4 Å². The van der Waals surface area contributed by atoms with E-state index in [1.165, 1.54) is 36.4 Å². The summed E-state index contributed by atoms with van der Waals surface area (Å²) in [6, 6.07) is 17.9. The van der Waals surface area contributed by atoms with Crippen LogP contribution in [-0.2, 0) is 16.4 Å². The van der Waals surface area contributed by atoms with Gasteiger partial charge in [0.1, 0.15) is 17.2 Å². The molecule has 8 nitrogen and oxygen atoms in total. The number of alkyl halides is 3. The third-order valence-corrected chi connectivity index (χ3v) is 7.28. The maximum atomic E-state index is 13.2. The van der Waals surface area contributed by atoms with Gasteiger partial charge >= 0.3 is 12.5 Å². The third kappa shape index (κ3) is 8.67. The van der Waals surface area contributed by atoms with Gasteiger partial charge < -0.3 is 24.6 Å². The third-order valence-electron chi connectivity index (χ3n) is 5.47. The second-order valence-electron chi connectivity index (χ2n) is 8.29. The highest BCUT2D eigenvalue weighted by atomic mass is 32.2. The number of benzene rings is 3. The Bertz CT molecular complexity index is 1280. The highest BCUT2D eigenvalue weighted by molar-refractivity contribution is 7.91. The lowest BCUT2D eigenvalue weighted by Crippen LogP contribution is -2.43. The summed E-state index contributed by atoms with van der Waals surface area (Å²) in [4.78, 5) is 13.0. The average Bonchev–Trinajstić information content (AvgIpc) is 2.86. The van der Waals surface area contributed by atoms with Crippen molar-refractivity contribution in [3.63, 3.8) is 0 Å². The fourth-order valence-corrected chi connectivity index (χ4v) is 5.30. The van der Waals surface area contributed by atoms with Crippen molar-refractivity contribution in [2.24, 2.45) is 0 Å². The second kappa shape index (κ2) is 12.7. The Morgan fingerprint density at radius 2 is 1.45 bits per heavy atom. The Morgan fingerprint density at radius 1 is 0.895 bits per heavy atom. The molecule has 0 radical (unpaired) electrons. The minimum atomic E-state index is -4.82. The lowest BCUT2D eigenvalue weighted by atomic mass is 10.1. The predicted molar refractivity (Wildman–Crippen MR) is 132 cm³/mol. The van der Waals surface area contributed by atoms with E-state index in [1.807, 2.05) is 0 Å². The van der Waals surface area contributed by atoms with Gasteiger partial charge in [0.15, 0.2) is 9.84 Å². The van der Waals surface area contributed by atoms with Crippen LogP contribution in [0.2, 0.25) is 0 Å². The van der Waals surface area contributed by atoms with Crippen LogP contribution in [-0.4, -0.2) is 54.4 Å². The summed E-state index contributed by atoms with van der Waals surface area (Å²) < 4.78 is 72.6. The van der Waals surface area contributed by atoms with Crippen molar-refractivity contribution in [1.29, 1.82) is 0 Å². The van der Waals surface area contributed by atoms with Gasteiger partial charge in [0.25, 0.3) is 0 Å². The van der Waals surface area contributed by atoms with E-state index in [-0.39, 0.29) is 42.4 Å². The van der Waals surface area contributed by atoms with Gasteiger partial charge in [-0.1, -0.05) is 30.3 Å². The van der Waals surface area contributed by atoms with Crippen molar-refractivity contribution >= 4 is 15.9 Å². The van der Waals surface area contributed by atoms with Crippen LogP contribution in [0.1, 0.15) is 18.4 Å². The molecule has 0 fully saturated rings. The van der Waals surface area contributed by atoms with E-state index in [0.717, 1.165) is 17.0 Å². The minimum absolute atomic E-state index is 0.0125. The Kier molecular flexibility index (Phi) is 9.59. The fourth-order valence-electron chi connectivity index (χ4n) is 3.70. The monoisotopic (exact) mass is 553 g/mol. The van der Waals surface area contributed by atoms with E-state index in [2.05, 4.69) is 4.74 Å². The van der Waals surface area contributed by atoms with Crippen LogP contribution in [0.25, 0.3) is 0 Å². The lowest BCUT2D eigenvalue weighted by molar-refractivity contribution is -0.274. The first kappa shape index (κ1) is 28.8. The highest BCUT2D eigenvalue weighted by Crippen LogP contribution is 2.28. The number of hydrogen-bond donors (Lipinski definition) is 2. The first-order valence-corrected chi connectivity index (χ1v) is 13.1. The van der Waals surface area contributed by atoms with Crippen LogP contribution in [0.4, 0.5) is 18.0 Å². The van der Waals surface area contributed by atoms with Gasteiger partial charge in [0.05, 0.1) is 10.6 Å². The summed E-state index contributed by atoms with van der Waals surface area (Å²) in [5.41, 5.74) is 0.695. The van der Waals surface area contributed by atoms with E-state index >= 15 is 0 Å². The zero-order valence-corrected chi connectivity index (χ0v) is 20.9. The first-order chi connectivity index (χ1) is 18.0. The molecule has 0 spiro atoms. The molecule has 0 bridgehead atoms. The van der Waals surface area contributed by atoms with Crippen molar-refractivity contribution < 1.29 is 46.1 Å². The summed E-state index contributed by atoms with van der Waals surface area (Å²) in [6.45, 7) is -0.230. The molecule has 1 amide bonds. The Balaban J connectivity index is 1.73. The first-order valence-electron chi connectivity index (χ1n) is 11.5. The number of amides is 1. The molecule has 38 heavy (non-hydrogen) atoms. The van der Waals surface area contributed by atoms with Gasteiger partial charge in [-0.05, 0) is 66.9 Å². The maximum Gasteiger partial charge on any atom is 0.573 e. The quantitative estimate of drug-likeness (QED) is 0.306. The Hall–Kier alpha value is -3.77. The number of carboxylic acid groups (broad SMARTS) is 1. The average molecular weight is 554 g/mol. The molecule has 1 atom stereocenters. The predicted octanol–water partition coefficient (Wildman–Crippen LogP) is 5.47. The molecule has 0 aliphatic heterocycles. The van der Waals surface area contributed by atoms with Gasteiger partial charge in [0.2, 0.25) is 0 Å². The molecule has 3 rings (SSSR count). The maximum absolute atomic E-state index is 13.2. The van der Waals surface area contributed by atoms with E-state index in [0.29, 0.717) is 5.56 Å². The normalized spacial score (nSPS) is 12.5. The van der Waals surface area contributed by atoms with Crippen molar-refractivity contribution in [1.82, 2.24) is 4.90 Å². The molecule has 0 heterocycles. The molecule has 0 aliphatic rings. The molecule has 1 unspecified atom stereocenters. The number of rotatable bonds is 12. The largest absolute Gasteiger partial charge is 0.573 e. The molecule has 3 aromatic carbocycles.